The Bertz CT molecular complexity index is 471. The molecule has 0 N–H and O–H groups in total. The van der Waals surface area contributed by atoms with Crippen molar-refractivity contribution in [2.24, 2.45) is 0 Å². The third kappa shape index (κ3) is 3.83. The highest BCUT2D eigenvalue weighted by molar-refractivity contribution is 9.10. The number of ketones is 1. The van der Waals surface area contributed by atoms with Crippen LogP contribution in [0, 0.1) is 11.6 Å². The Labute approximate surface area is 119 Å². The van der Waals surface area contributed by atoms with Crippen LogP contribution < -0.4 is 0 Å². The molecule has 0 spiro atoms. The first kappa shape index (κ1) is 14.6. The predicted molar refractivity (Wildman–Crippen MR) is 71.0 cm³/mol. The quantitative estimate of drug-likeness (QED) is 0.766. The lowest BCUT2D eigenvalue weighted by atomic mass is 10.0. The monoisotopic (exact) mass is 332 g/mol. The standard InChI is InChI=1S/C14H15BrF2O2/c15-12-5-6-13(16)11(14(12)17)8-9(18)3-4-10-2-1-7-19-10/h5-6,10H,1-4,7-8H2. The number of Topliss-reactive ketones (excluding diaryl/α,β-unsaturated/α-hetero) is 1. The van der Waals surface area contributed by atoms with Gasteiger partial charge in [-0.2, -0.15) is 0 Å². The van der Waals surface area contributed by atoms with Crippen LogP contribution in [0.15, 0.2) is 16.6 Å². The van der Waals surface area contributed by atoms with Crippen molar-refractivity contribution in [3.8, 4) is 0 Å². The van der Waals surface area contributed by atoms with Gasteiger partial charge in [0.1, 0.15) is 17.4 Å². The number of rotatable bonds is 5. The topological polar surface area (TPSA) is 26.3 Å². The summed E-state index contributed by atoms with van der Waals surface area (Å²) in [6.07, 6.45) is 2.84. The summed E-state index contributed by atoms with van der Waals surface area (Å²) in [4.78, 5) is 11.8. The van der Waals surface area contributed by atoms with E-state index >= 15 is 0 Å². The van der Waals surface area contributed by atoms with Gasteiger partial charge in [0.05, 0.1) is 10.6 Å². The summed E-state index contributed by atoms with van der Waals surface area (Å²) >= 11 is 2.99. The molecule has 1 aromatic carbocycles. The average molecular weight is 333 g/mol. The van der Waals surface area contributed by atoms with E-state index in [9.17, 15) is 13.6 Å². The normalized spacial score (nSPS) is 18.8. The van der Waals surface area contributed by atoms with E-state index in [0.29, 0.717) is 12.8 Å². The Morgan fingerprint density at radius 2 is 2.21 bits per heavy atom. The van der Waals surface area contributed by atoms with Crippen molar-refractivity contribution >= 4 is 21.7 Å². The molecule has 5 heteroatoms. The predicted octanol–water partition coefficient (Wildman–Crippen LogP) is 3.80. The molecule has 2 rings (SSSR count). The van der Waals surface area contributed by atoms with Gasteiger partial charge in [-0.3, -0.25) is 4.79 Å². The second-order valence-electron chi connectivity index (χ2n) is 4.71. The average Bonchev–Trinajstić information content (AvgIpc) is 2.90. The summed E-state index contributed by atoms with van der Waals surface area (Å²) in [5.41, 5.74) is -0.160. The lowest BCUT2D eigenvalue weighted by molar-refractivity contribution is -0.119. The zero-order valence-electron chi connectivity index (χ0n) is 10.4. The van der Waals surface area contributed by atoms with Crippen molar-refractivity contribution in [1.82, 2.24) is 0 Å². The minimum absolute atomic E-state index is 0.126. The van der Waals surface area contributed by atoms with E-state index in [1.807, 2.05) is 0 Å². The van der Waals surface area contributed by atoms with Crippen molar-refractivity contribution < 1.29 is 18.3 Å². The van der Waals surface area contributed by atoms with Crippen molar-refractivity contribution in [2.75, 3.05) is 6.61 Å². The first-order valence-corrected chi connectivity index (χ1v) is 7.13. The fraction of sp³-hybridized carbons (Fsp3) is 0.500. The van der Waals surface area contributed by atoms with Crippen molar-refractivity contribution in [3.05, 3.63) is 33.8 Å². The second kappa shape index (κ2) is 6.57. The zero-order chi connectivity index (χ0) is 13.8. The Balaban J connectivity index is 1.93. The van der Waals surface area contributed by atoms with Crippen LogP contribution in [0.5, 0.6) is 0 Å². The van der Waals surface area contributed by atoms with Gasteiger partial charge in [-0.1, -0.05) is 0 Å². The van der Waals surface area contributed by atoms with Crippen LogP contribution in [0.3, 0.4) is 0 Å². The molecule has 1 saturated heterocycles. The molecule has 0 radical (unpaired) electrons. The van der Waals surface area contributed by atoms with Gasteiger partial charge in [-0.25, -0.2) is 8.78 Å². The molecule has 0 aliphatic carbocycles. The Kier molecular flexibility index (Phi) is 5.05. The maximum Gasteiger partial charge on any atom is 0.143 e. The SMILES string of the molecule is O=C(CCC1CCCO1)Cc1c(F)ccc(Br)c1F. The minimum Gasteiger partial charge on any atom is -0.378 e. The molecule has 1 heterocycles. The van der Waals surface area contributed by atoms with Crippen LogP contribution in [-0.4, -0.2) is 18.5 Å². The van der Waals surface area contributed by atoms with Crippen molar-refractivity contribution in [1.29, 1.82) is 0 Å². The second-order valence-corrected chi connectivity index (χ2v) is 5.57. The Morgan fingerprint density at radius 3 is 2.89 bits per heavy atom. The number of carbonyl (C=O) groups is 1. The molecular formula is C14H15BrF2O2. The summed E-state index contributed by atoms with van der Waals surface area (Å²) < 4.78 is 32.8. The van der Waals surface area contributed by atoms with Crippen LogP contribution in [0.4, 0.5) is 8.78 Å². The van der Waals surface area contributed by atoms with E-state index in [-0.39, 0.29) is 28.3 Å². The van der Waals surface area contributed by atoms with Crippen molar-refractivity contribution in [3.63, 3.8) is 0 Å². The highest BCUT2D eigenvalue weighted by atomic mass is 79.9. The van der Waals surface area contributed by atoms with E-state index in [1.165, 1.54) is 6.07 Å². The number of hydrogen-bond donors (Lipinski definition) is 0. The van der Waals surface area contributed by atoms with E-state index in [4.69, 9.17) is 4.74 Å². The molecule has 0 saturated carbocycles. The molecule has 1 aromatic rings. The maximum absolute atomic E-state index is 13.7. The molecule has 0 amide bonds. The lowest BCUT2D eigenvalue weighted by Crippen LogP contribution is -2.12. The van der Waals surface area contributed by atoms with Gasteiger partial charge in [-0.15, -0.1) is 0 Å². The summed E-state index contributed by atoms with van der Waals surface area (Å²) in [5.74, 6) is -1.52. The molecule has 1 unspecified atom stereocenters. The molecule has 0 bridgehead atoms. The summed E-state index contributed by atoms with van der Waals surface area (Å²) in [5, 5.41) is 0. The van der Waals surface area contributed by atoms with Gasteiger partial charge in [0.15, 0.2) is 0 Å². The number of carbonyl (C=O) groups excluding carboxylic acids is 1. The third-order valence-electron chi connectivity index (χ3n) is 3.28. The molecule has 2 nitrogen and oxygen atoms in total. The summed E-state index contributed by atoms with van der Waals surface area (Å²) in [7, 11) is 0. The number of halogens is 3. The van der Waals surface area contributed by atoms with Gasteiger partial charge >= 0.3 is 0 Å². The van der Waals surface area contributed by atoms with E-state index in [0.717, 1.165) is 25.5 Å². The molecule has 1 atom stereocenters. The fourth-order valence-electron chi connectivity index (χ4n) is 2.21. The van der Waals surface area contributed by atoms with Gasteiger partial charge < -0.3 is 4.74 Å². The van der Waals surface area contributed by atoms with Crippen LogP contribution in [0.25, 0.3) is 0 Å². The van der Waals surface area contributed by atoms with Gasteiger partial charge in [0, 0.05) is 25.0 Å². The van der Waals surface area contributed by atoms with Crippen LogP contribution in [0.2, 0.25) is 0 Å². The van der Waals surface area contributed by atoms with E-state index < -0.39 is 11.6 Å². The summed E-state index contributed by atoms with van der Waals surface area (Å²) in [6.45, 7) is 0.744. The zero-order valence-corrected chi connectivity index (χ0v) is 12.0. The van der Waals surface area contributed by atoms with Crippen LogP contribution in [0.1, 0.15) is 31.2 Å². The molecule has 1 aliphatic heterocycles. The number of hydrogen-bond acceptors (Lipinski definition) is 2. The molecule has 1 fully saturated rings. The molecule has 104 valence electrons. The smallest absolute Gasteiger partial charge is 0.143 e. The van der Waals surface area contributed by atoms with E-state index in [2.05, 4.69) is 15.9 Å². The number of ether oxygens (including phenoxy) is 1. The Hall–Kier alpha value is -0.810. The van der Waals surface area contributed by atoms with Gasteiger partial charge in [0.2, 0.25) is 0 Å². The number of benzene rings is 1. The molecule has 19 heavy (non-hydrogen) atoms. The minimum atomic E-state index is -0.689. The largest absolute Gasteiger partial charge is 0.378 e. The Morgan fingerprint density at radius 1 is 1.42 bits per heavy atom. The fourth-order valence-corrected chi connectivity index (χ4v) is 2.58. The van der Waals surface area contributed by atoms with Crippen molar-refractivity contribution in [2.45, 2.75) is 38.2 Å². The highest BCUT2D eigenvalue weighted by Crippen LogP contribution is 2.23. The molecule has 1 aliphatic rings. The van der Waals surface area contributed by atoms with Gasteiger partial charge in [0.25, 0.3) is 0 Å². The first-order valence-electron chi connectivity index (χ1n) is 6.33. The third-order valence-corrected chi connectivity index (χ3v) is 3.89. The first-order chi connectivity index (χ1) is 9.08. The maximum atomic E-state index is 13.7. The molecule has 0 aromatic heterocycles. The lowest BCUT2D eigenvalue weighted by Gasteiger charge is -2.09. The van der Waals surface area contributed by atoms with E-state index in [1.54, 1.807) is 0 Å². The van der Waals surface area contributed by atoms with Crippen LogP contribution in [-0.2, 0) is 16.0 Å². The molecular weight excluding hydrogens is 318 g/mol. The van der Waals surface area contributed by atoms with Crippen LogP contribution >= 0.6 is 15.9 Å². The summed E-state index contributed by atoms with van der Waals surface area (Å²) in [6, 6.07) is 2.46. The highest BCUT2D eigenvalue weighted by Gasteiger charge is 2.19. The van der Waals surface area contributed by atoms with Gasteiger partial charge in [-0.05, 0) is 47.3 Å².